The van der Waals surface area contributed by atoms with Crippen molar-refractivity contribution in [2.24, 2.45) is 5.92 Å². The van der Waals surface area contributed by atoms with Crippen LogP contribution in [0.1, 0.15) is 23.2 Å². The molecule has 36 heavy (non-hydrogen) atoms. The monoisotopic (exact) mass is 493 g/mol. The number of benzene rings is 2. The molecule has 2 aliphatic rings. The first-order valence-corrected chi connectivity index (χ1v) is 11.8. The first-order chi connectivity index (χ1) is 17.4. The van der Waals surface area contributed by atoms with Crippen LogP contribution in [0.15, 0.2) is 60.9 Å². The van der Waals surface area contributed by atoms with Crippen LogP contribution in [0.4, 0.5) is 20.2 Å². The highest BCUT2D eigenvalue weighted by atomic mass is 19.1. The molecule has 5 rings (SSSR count). The summed E-state index contributed by atoms with van der Waals surface area (Å²) in [6.07, 6.45) is 4.44. The molecule has 0 saturated carbocycles. The van der Waals surface area contributed by atoms with Gasteiger partial charge in [0.2, 0.25) is 5.91 Å². The Labute approximate surface area is 206 Å². The van der Waals surface area contributed by atoms with Crippen molar-refractivity contribution in [1.82, 2.24) is 15.1 Å². The summed E-state index contributed by atoms with van der Waals surface area (Å²) in [7, 11) is 0. The first-order valence-electron chi connectivity index (χ1n) is 11.8. The lowest BCUT2D eigenvalue weighted by Gasteiger charge is -2.39. The summed E-state index contributed by atoms with van der Waals surface area (Å²) in [4.78, 5) is 28.8. The smallest absolute Gasteiger partial charge is 0.254 e. The number of nitrogens with one attached hydrogen (secondary N) is 1. The number of piperidine rings is 1. The van der Waals surface area contributed by atoms with Gasteiger partial charge in [-0.25, -0.2) is 8.78 Å². The highest BCUT2D eigenvalue weighted by Crippen LogP contribution is 2.26. The van der Waals surface area contributed by atoms with Gasteiger partial charge < -0.3 is 19.9 Å². The van der Waals surface area contributed by atoms with E-state index in [1.165, 1.54) is 0 Å². The van der Waals surface area contributed by atoms with Gasteiger partial charge in [-0.05, 0) is 42.5 Å². The Balaban J connectivity index is 1.07. The molecule has 8 nitrogen and oxygen atoms in total. The fraction of sp³-hybridized carbons (Fsp3) is 0.308. The Bertz CT molecular complexity index is 1210. The SMILES string of the molecule is O=C(Nc1ccc(OC2CCN(C(=O)c3cc(F)cc(F)c3)CC2)cc1)C1CN(c2ccnnc2)C1. The second kappa shape index (κ2) is 10.3. The summed E-state index contributed by atoms with van der Waals surface area (Å²) in [6.45, 7) is 2.13. The zero-order chi connectivity index (χ0) is 25.1. The molecule has 0 radical (unpaired) electrons. The van der Waals surface area contributed by atoms with Crippen molar-refractivity contribution in [3.63, 3.8) is 0 Å². The topological polar surface area (TPSA) is 87.7 Å². The Morgan fingerprint density at radius 2 is 1.64 bits per heavy atom. The minimum atomic E-state index is -0.770. The lowest BCUT2D eigenvalue weighted by Crippen LogP contribution is -2.52. The Hall–Kier alpha value is -4.08. The summed E-state index contributed by atoms with van der Waals surface area (Å²) >= 11 is 0. The molecule has 3 aromatic rings. The zero-order valence-corrected chi connectivity index (χ0v) is 19.4. The quantitative estimate of drug-likeness (QED) is 0.566. The van der Waals surface area contributed by atoms with Crippen molar-refractivity contribution >= 4 is 23.2 Å². The van der Waals surface area contributed by atoms with Crippen molar-refractivity contribution in [3.05, 3.63) is 78.1 Å². The van der Waals surface area contributed by atoms with Crippen LogP contribution in [-0.4, -0.2) is 59.2 Å². The molecular weight excluding hydrogens is 468 g/mol. The van der Waals surface area contributed by atoms with Gasteiger partial charge in [0.1, 0.15) is 23.5 Å². The molecule has 0 unspecified atom stereocenters. The number of halogens is 2. The maximum absolute atomic E-state index is 13.4. The number of carbonyl (C=O) groups is 2. The number of hydrogen-bond acceptors (Lipinski definition) is 6. The molecule has 2 aliphatic heterocycles. The summed E-state index contributed by atoms with van der Waals surface area (Å²) in [6, 6.07) is 11.9. The molecular formula is C26H25F2N5O3. The van der Waals surface area contributed by atoms with E-state index in [1.54, 1.807) is 41.6 Å². The number of likely N-dealkylation sites (tertiary alicyclic amines) is 1. The van der Waals surface area contributed by atoms with Crippen LogP contribution < -0.4 is 15.0 Å². The normalized spacial score (nSPS) is 16.4. The number of hydrogen-bond donors (Lipinski definition) is 1. The molecule has 0 bridgehead atoms. The third-order valence-electron chi connectivity index (χ3n) is 6.45. The summed E-state index contributed by atoms with van der Waals surface area (Å²) < 4.78 is 32.9. The molecule has 186 valence electrons. The van der Waals surface area contributed by atoms with Gasteiger partial charge in [0.15, 0.2) is 0 Å². The minimum Gasteiger partial charge on any atom is -0.490 e. The van der Waals surface area contributed by atoms with Crippen LogP contribution in [0.25, 0.3) is 0 Å². The average molecular weight is 494 g/mol. The Kier molecular flexibility index (Phi) is 6.75. The lowest BCUT2D eigenvalue weighted by molar-refractivity contribution is -0.120. The summed E-state index contributed by atoms with van der Waals surface area (Å²) in [5, 5.41) is 10.6. The second-order valence-electron chi connectivity index (χ2n) is 8.98. The van der Waals surface area contributed by atoms with Crippen molar-refractivity contribution in [3.8, 4) is 5.75 Å². The average Bonchev–Trinajstić information content (AvgIpc) is 2.84. The van der Waals surface area contributed by atoms with E-state index >= 15 is 0 Å². The highest BCUT2D eigenvalue weighted by molar-refractivity contribution is 5.95. The molecule has 3 heterocycles. The van der Waals surface area contributed by atoms with E-state index in [1.807, 2.05) is 6.07 Å². The van der Waals surface area contributed by atoms with E-state index in [4.69, 9.17) is 4.74 Å². The van der Waals surface area contributed by atoms with E-state index in [0.29, 0.717) is 50.5 Å². The maximum atomic E-state index is 13.4. The van der Waals surface area contributed by atoms with Crippen LogP contribution >= 0.6 is 0 Å². The predicted octanol–water partition coefficient (Wildman–Crippen LogP) is 3.51. The molecule has 2 saturated heterocycles. The molecule has 1 aromatic heterocycles. The molecule has 1 N–H and O–H groups in total. The van der Waals surface area contributed by atoms with E-state index in [0.717, 1.165) is 23.9 Å². The van der Waals surface area contributed by atoms with Crippen molar-refractivity contribution in [2.45, 2.75) is 18.9 Å². The number of aromatic nitrogens is 2. The van der Waals surface area contributed by atoms with Crippen LogP contribution in [0.2, 0.25) is 0 Å². The van der Waals surface area contributed by atoms with Gasteiger partial charge in [-0.3, -0.25) is 9.59 Å². The number of amides is 2. The fourth-order valence-corrected chi connectivity index (χ4v) is 4.42. The molecule has 0 atom stereocenters. The zero-order valence-electron chi connectivity index (χ0n) is 19.4. The Morgan fingerprint density at radius 1 is 0.944 bits per heavy atom. The molecule has 0 aliphatic carbocycles. The van der Waals surface area contributed by atoms with E-state index in [2.05, 4.69) is 20.4 Å². The molecule has 2 amide bonds. The number of nitrogens with zero attached hydrogens (tertiary/aromatic N) is 4. The van der Waals surface area contributed by atoms with Gasteiger partial charge in [0, 0.05) is 56.3 Å². The third-order valence-corrected chi connectivity index (χ3v) is 6.45. The number of carbonyl (C=O) groups excluding carboxylic acids is 2. The minimum absolute atomic E-state index is 0.00786. The first kappa shape index (κ1) is 23.7. The number of ether oxygens (including phenoxy) is 1. The van der Waals surface area contributed by atoms with Gasteiger partial charge in [-0.1, -0.05) is 0 Å². The lowest BCUT2D eigenvalue weighted by atomic mass is 9.98. The van der Waals surface area contributed by atoms with E-state index < -0.39 is 11.6 Å². The third kappa shape index (κ3) is 5.42. The van der Waals surface area contributed by atoms with Gasteiger partial charge in [0.05, 0.1) is 24.0 Å². The van der Waals surface area contributed by atoms with Gasteiger partial charge in [0.25, 0.3) is 5.91 Å². The Morgan fingerprint density at radius 3 is 2.28 bits per heavy atom. The van der Waals surface area contributed by atoms with E-state index in [-0.39, 0.29) is 29.4 Å². The highest BCUT2D eigenvalue weighted by Gasteiger charge is 2.33. The predicted molar refractivity (Wildman–Crippen MR) is 129 cm³/mol. The summed E-state index contributed by atoms with van der Waals surface area (Å²) in [5.74, 6) is -1.38. The van der Waals surface area contributed by atoms with Gasteiger partial charge in [-0.2, -0.15) is 10.2 Å². The number of anilines is 2. The molecule has 2 aromatic carbocycles. The fourth-order valence-electron chi connectivity index (χ4n) is 4.42. The van der Waals surface area contributed by atoms with Crippen LogP contribution in [0.5, 0.6) is 5.75 Å². The standard InChI is InChI=1S/C26H25F2N5O3/c27-19-11-17(12-20(28)13-19)26(35)32-9-6-24(7-10-32)36-23-3-1-21(2-4-23)31-25(34)18-15-33(16-18)22-5-8-29-30-14-22/h1-5,8,11-14,18,24H,6-7,9-10,15-16H2,(H,31,34). The van der Waals surface area contributed by atoms with Crippen LogP contribution in [-0.2, 0) is 4.79 Å². The largest absolute Gasteiger partial charge is 0.490 e. The van der Waals surface area contributed by atoms with Crippen LogP contribution in [0.3, 0.4) is 0 Å². The van der Waals surface area contributed by atoms with Crippen molar-refractivity contribution < 1.29 is 23.1 Å². The maximum Gasteiger partial charge on any atom is 0.254 e. The van der Waals surface area contributed by atoms with E-state index in [9.17, 15) is 18.4 Å². The van der Waals surface area contributed by atoms with Crippen LogP contribution in [0, 0.1) is 17.6 Å². The molecule has 10 heteroatoms. The van der Waals surface area contributed by atoms with Crippen molar-refractivity contribution in [2.75, 3.05) is 36.4 Å². The molecule has 0 spiro atoms. The second-order valence-corrected chi connectivity index (χ2v) is 8.98. The van der Waals surface area contributed by atoms with Crippen molar-refractivity contribution in [1.29, 1.82) is 0 Å². The molecule has 2 fully saturated rings. The summed E-state index contributed by atoms with van der Waals surface area (Å²) in [5.41, 5.74) is 1.65. The van der Waals surface area contributed by atoms with Gasteiger partial charge >= 0.3 is 0 Å². The number of rotatable bonds is 6. The van der Waals surface area contributed by atoms with Gasteiger partial charge in [-0.15, -0.1) is 0 Å².